The quantitative estimate of drug-likeness (QED) is 0.609. The summed E-state index contributed by atoms with van der Waals surface area (Å²) in [6.45, 7) is 4.95. The average Bonchev–Trinajstić information content (AvgIpc) is 3.24. The average molecular weight is 394 g/mol. The van der Waals surface area contributed by atoms with E-state index in [0.29, 0.717) is 37.8 Å². The fraction of sp³-hybridized carbons (Fsp3) is 0.579. The molecule has 0 saturated carbocycles. The van der Waals surface area contributed by atoms with Gasteiger partial charge in [-0.3, -0.25) is 15.1 Å². The fourth-order valence-corrected chi connectivity index (χ4v) is 3.56. The van der Waals surface area contributed by atoms with Crippen molar-refractivity contribution in [2.45, 2.75) is 18.9 Å². The molecular formula is C19H27FN4O4. The number of hydrogen-bond donors (Lipinski definition) is 3. The number of nitrogens with one attached hydrogen (secondary N) is 3. The predicted octanol–water partition coefficient (Wildman–Crippen LogP) is 0.436. The molecule has 2 heterocycles. The van der Waals surface area contributed by atoms with Crippen molar-refractivity contribution >= 4 is 11.9 Å². The molecule has 1 aromatic rings. The molecule has 2 fully saturated rings. The highest BCUT2D eigenvalue weighted by Gasteiger charge is 2.31. The molecule has 2 unspecified atom stereocenters. The third-order valence-corrected chi connectivity index (χ3v) is 5.09. The molecule has 0 radical (unpaired) electrons. The van der Waals surface area contributed by atoms with Crippen LogP contribution < -0.4 is 16.2 Å². The third-order valence-electron chi connectivity index (χ3n) is 5.09. The molecule has 8 nitrogen and oxygen atoms in total. The molecule has 3 N–H and O–H groups in total. The summed E-state index contributed by atoms with van der Waals surface area (Å²) in [6.07, 6.45) is 1.02. The zero-order valence-electron chi connectivity index (χ0n) is 15.8. The summed E-state index contributed by atoms with van der Waals surface area (Å²) in [4.78, 5) is 26.3. The lowest BCUT2D eigenvalue weighted by molar-refractivity contribution is -0.121. The summed E-state index contributed by atoms with van der Waals surface area (Å²) < 4.78 is 23.8. The highest BCUT2D eigenvalue weighted by Crippen LogP contribution is 2.21. The third kappa shape index (κ3) is 6.15. The Morgan fingerprint density at radius 1 is 1.11 bits per heavy atom. The summed E-state index contributed by atoms with van der Waals surface area (Å²) in [6, 6.07) is 5.36. The molecular weight excluding hydrogens is 367 g/mol. The Hall–Kier alpha value is -2.23. The van der Waals surface area contributed by atoms with E-state index < -0.39 is 6.03 Å². The number of carbonyl (C=O) groups is 2. The molecule has 0 aromatic heterocycles. The van der Waals surface area contributed by atoms with E-state index in [4.69, 9.17) is 9.47 Å². The van der Waals surface area contributed by atoms with Crippen LogP contribution in [0, 0.1) is 11.7 Å². The van der Waals surface area contributed by atoms with Gasteiger partial charge in [-0.15, -0.1) is 0 Å². The topological polar surface area (TPSA) is 91.9 Å². The van der Waals surface area contributed by atoms with E-state index in [-0.39, 0.29) is 24.2 Å². The number of benzene rings is 1. The number of urea groups is 1. The van der Waals surface area contributed by atoms with E-state index in [0.717, 1.165) is 26.1 Å². The summed E-state index contributed by atoms with van der Waals surface area (Å²) in [5.41, 5.74) is 5.39. The SMILES string of the molecule is O=C(Cc1ccc(F)cc1)NNC(=O)NCC(C1CCOC1)N1CCOCC1. The lowest BCUT2D eigenvalue weighted by Gasteiger charge is -2.37. The minimum absolute atomic E-state index is 0.0520. The van der Waals surface area contributed by atoms with E-state index in [2.05, 4.69) is 21.1 Å². The van der Waals surface area contributed by atoms with Gasteiger partial charge < -0.3 is 14.8 Å². The van der Waals surface area contributed by atoms with Gasteiger partial charge in [0.25, 0.3) is 0 Å². The highest BCUT2D eigenvalue weighted by atomic mass is 19.1. The monoisotopic (exact) mass is 394 g/mol. The maximum atomic E-state index is 12.9. The maximum absolute atomic E-state index is 12.9. The van der Waals surface area contributed by atoms with Gasteiger partial charge in [0.15, 0.2) is 0 Å². The Bertz CT molecular complexity index is 646. The minimum atomic E-state index is -0.468. The van der Waals surface area contributed by atoms with E-state index in [1.807, 2.05) is 0 Å². The summed E-state index contributed by atoms with van der Waals surface area (Å²) in [5, 5.41) is 2.83. The van der Waals surface area contributed by atoms with Crippen LogP contribution in [0.3, 0.4) is 0 Å². The first kappa shape index (κ1) is 20.5. The van der Waals surface area contributed by atoms with Gasteiger partial charge in [0, 0.05) is 38.2 Å². The Morgan fingerprint density at radius 2 is 1.86 bits per heavy atom. The Kier molecular flexibility index (Phi) is 7.58. The lowest BCUT2D eigenvalue weighted by atomic mass is 9.97. The first-order chi connectivity index (χ1) is 13.6. The van der Waals surface area contributed by atoms with Crippen molar-refractivity contribution in [1.29, 1.82) is 0 Å². The molecule has 2 saturated heterocycles. The largest absolute Gasteiger partial charge is 0.381 e. The van der Waals surface area contributed by atoms with Crippen molar-refractivity contribution in [3.8, 4) is 0 Å². The lowest BCUT2D eigenvalue weighted by Crippen LogP contribution is -2.55. The number of hydrazine groups is 1. The number of carbonyl (C=O) groups excluding carboxylic acids is 2. The second kappa shape index (κ2) is 10.4. The molecule has 2 aliphatic heterocycles. The summed E-state index contributed by atoms with van der Waals surface area (Å²) in [5.74, 6) is -0.369. The van der Waals surface area contributed by atoms with Crippen molar-refractivity contribution in [2.24, 2.45) is 5.92 Å². The zero-order chi connectivity index (χ0) is 19.8. The number of amides is 3. The van der Waals surface area contributed by atoms with E-state index in [9.17, 15) is 14.0 Å². The van der Waals surface area contributed by atoms with Gasteiger partial charge in [0.2, 0.25) is 5.91 Å². The van der Waals surface area contributed by atoms with E-state index in [1.165, 1.54) is 24.3 Å². The molecule has 2 atom stereocenters. The van der Waals surface area contributed by atoms with Gasteiger partial charge in [-0.25, -0.2) is 14.6 Å². The van der Waals surface area contributed by atoms with Crippen LogP contribution in [0.1, 0.15) is 12.0 Å². The highest BCUT2D eigenvalue weighted by molar-refractivity contribution is 5.82. The number of morpholine rings is 1. The van der Waals surface area contributed by atoms with Crippen molar-refractivity contribution in [1.82, 2.24) is 21.1 Å². The van der Waals surface area contributed by atoms with Crippen LogP contribution in [0.2, 0.25) is 0 Å². The molecule has 1 aromatic carbocycles. The second-order valence-electron chi connectivity index (χ2n) is 7.03. The maximum Gasteiger partial charge on any atom is 0.333 e. The second-order valence-corrected chi connectivity index (χ2v) is 7.03. The Labute approximate surface area is 163 Å². The van der Waals surface area contributed by atoms with Crippen LogP contribution >= 0.6 is 0 Å². The number of hydrogen-bond acceptors (Lipinski definition) is 5. The van der Waals surface area contributed by atoms with Crippen molar-refractivity contribution in [3.63, 3.8) is 0 Å². The first-order valence-corrected chi connectivity index (χ1v) is 9.58. The standard InChI is InChI=1S/C19H27FN4O4/c20-16-3-1-14(2-4-16)11-18(25)22-23-19(26)21-12-17(15-5-8-28-13-15)24-6-9-27-10-7-24/h1-4,15,17H,5-13H2,(H,22,25)(H2,21,23,26). The predicted molar refractivity (Wildman–Crippen MR) is 99.9 cm³/mol. The van der Waals surface area contributed by atoms with E-state index in [1.54, 1.807) is 0 Å². The van der Waals surface area contributed by atoms with Crippen LogP contribution in [0.4, 0.5) is 9.18 Å². The summed E-state index contributed by atoms with van der Waals surface area (Å²) in [7, 11) is 0. The van der Waals surface area contributed by atoms with Crippen LogP contribution in [0.15, 0.2) is 24.3 Å². The number of nitrogens with zero attached hydrogens (tertiary/aromatic N) is 1. The van der Waals surface area contributed by atoms with Crippen LogP contribution in [0.5, 0.6) is 0 Å². The van der Waals surface area contributed by atoms with Gasteiger partial charge in [-0.05, 0) is 24.1 Å². The van der Waals surface area contributed by atoms with Crippen molar-refractivity contribution in [2.75, 3.05) is 46.1 Å². The summed E-state index contributed by atoms with van der Waals surface area (Å²) >= 11 is 0. The van der Waals surface area contributed by atoms with Gasteiger partial charge in [-0.2, -0.15) is 0 Å². The van der Waals surface area contributed by atoms with Gasteiger partial charge in [-0.1, -0.05) is 12.1 Å². The van der Waals surface area contributed by atoms with Gasteiger partial charge in [0.05, 0.1) is 26.2 Å². The van der Waals surface area contributed by atoms with Crippen LogP contribution in [0.25, 0.3) is 0 Å². The molecule has 0 aliphatic carbocycles. The van der Waals surface area contributed by atoms with Crippen molar-refractivity contribution < 1.29 is 23.5 Å². The van der Waals surface area contributed by atoms with Crippen molar-refractivity contribution in [3.05, 3.63) is 35.6 Å². The molecule has 3 rings (SSSR count). The van der Waals surface area contributed by atoms with Gasteiger partial charge in [0.1, 0.15) is 5.82 Å². The smallest absolute Gasteiger partial charge is 0.333 e. The minimum Gasteiger partial charge on any atom is -0.381 e. The molecule has 0 spiro atoms. The molecule has 0 bridgehead atoms. The van der Waals surface area contributed by atoms with Crippen LogP contribution in [-0.2, 0) is 20.7 Å². The number of halogens is 1. The molecule has 154 valence electrons. The number of ether oxygens (including phenoxy) is 2. The molecule has 9 heteroatoms. The Balaban J connectivity index is 1.42. The Morgan fingerprint density at radius 3 is 2.54 bits per heavy atom. The fourth-order valence-electron chi connectivity index (χ4n) is 3.56. The van der Waals surface area contributed by atoms with Crippen LogP contribution in [-0.4, -0.2) is 68.9 Å². The first-order valence-electron chi connectivity index (χ1n) is 9.58. The molecule has 2 aliphatic rings. The number of rotatable bonds is 6. The molecule has 28 heavy (non-hydrogen) atoms. The zero-order valence-corrected chi connectivity index (χ0v) is 15.8. The normalized spacial score (nSPS) is 21.1. The molecule has 3 amide bonds. The van der Waals surface area contributed by atoms with E-state index >= 15 is 0 Å². The van der Waals surface area contributed by atoms with Gasteiger partial charge >= 0.3 is 6.03 Å².